The van der Waals surface area contributed by atoms with Crippen LogP contribution in [-0.2, 0) is 6.54 Å². The van der Waals surface area contributed by atoms with E-state index >= 15 is 0 Å². The van der Waals surface area contributed by atoms with Gasteiger partial charge in [0, 0.05) is 28.5 Å². The number of aromatic nitrogens is 2. The number of fused-ring (bicyclic) bond motifs is 1. The van der Waals surface area contributed by atoms with Crippen LogP contribution in [0.5, 0.6) is 0 Å². The molecule has 2 aromatic carbocycles. The number of hydrogen-bond donors (Lipinski definition) is 2. The zero-order chi connectivity index (χ0) is 16.2. The summed E-state index contributed by atoms with van der Waals surface area (Å²) < 4.78 is 0. The van der Waals surface area contributed by atoms with Crippen LogP contribution in [0.2, 0.25) is 10.0 Å². The third-order valence-corrected chi connectivity index (χ3v) is 3.99. The number of hydrogen-bond acceptors (Lipinski definition) is 4. The third-order valence-electron chi connectivity index (χ3n) is 3.40. The molecule has 3 aromatic rings. The smallest absolute Gasteiger partial charge is 0.225 e. The van der Waals surface area contributed by atoms with Gasteiger partial charge in [0.25, 0.3) is 0 Å². The minimum absolute atomic E-state index is 0.528. The molecule has 1 aromatic heterocycles. The Balaban J connectivity index is 1.87. The van der Waals surface area contributed by atoms with Crippen LogP contribution in [0, 0.1) is 0 Å². The van der Waals surface area contributed by atoms with E-state index in [-0.39, 0.29) is 0 Å². The maximum atomic E-state index is 6.19. The molecule has 4 nitrogen and oxygen atoms in total. The van der Waals surface area contributed by atoms with Crippen molar-refractivity contribution in [1.29, 1.82) is 0 Å². The van der Waals surface area contributed by atoms with E-state index in [1.165, 1.54) is 0 Å². The van der Waals surface area contributed by atoms with Crippen LogP contribution in [0.25, 0.3) is 10.9 Å². The van der Waals surface area contributed by atoms with E-state index in [1.54, 1.807) is 6.07 Å². The van der Waals surface area contributed by atoms with Crippen molar-refractivity contribution >= 4 is 45.9 Å². The van der Waals surface area contributed by atoms with E-state index in [2.05, 4.69) is 20.6 Å². The van der Waals surface area contributed by atoms with Gasteiger partial charge in [-0.05, 0) is 36.8 Å². The molecule has 0 spiro atoms. The molecule has 0 radical (unpaired) electrons. The quantitative estimate of drug-likeness (QED) is 0.683. The van der Waals surface area contributed by atoms with Crippen LogP contribution in [0.15, 0.2) is 42.5 Å². The molecule has 23 heavy (non-hydrogen) atoms. The normalized spacial score (nSPS) is 10.7. The topological polar surface area (TPSA) is 49.8 Å². The van der Waals surface area contributed by atoms with E-state index in [0.717, 1.165) is 28.8 Å². The number of benzene rings is 2. The van der Waals surface area contributed by atoms with Gasteiger partial charge >= 0.3 is 0 Å². The first-order chi connectivity index (χ1) is 11.2. The van der Waals surface area contributed by atoms with Crippen LogP contribution in [-0.4, -0.2) is 16.5 Å². The van der Waals surface area contributed by atoms with Crippen LogP contribution in [0.1, 0.15) is 12.5 Å². The summed E-state index contributed by atoms with van der Waals surface area (Å²) in [6.45, 7) is 3.36. The van der Waals surface area contributed by atoms with Crippen LogP contribution in [0.3, 0.4) is 0 Å². The highest BCUT2D eigenvalue weighted by Crippen LogP contribution is 2.24. The fourth-order valence-corrected chi connectivity index (χ4v) is 2.77. The summed E-state index contributed by atoms with van der Waals surface area (Å²) in [5.41, 5.74) is 1.83. The lowest BCUT2D eigenvalue weighted by atomic mass is 10.2. The molecular weight excluding hydrogens is 331 g/mol. The predicted molar refractivity (Wildman–Crippen MR) is 97.5 cm³/mol. The van der Waals surface area contributed by atoms with Gasteiger partial charge in [0.15, 0.2) is 0 Å². The van der Waals surface area contributed by atoms with E-state index in [1.807, 2.05) is 43.3 Å². The van der Waals surface area contributed by atoms with E-state index in [4.69, 9.17) is 23.2 Å². The van der Waals surface area contributed by atoms with Gasteiger partial charge in [-0.3, -0.25) is 0 Å². The van der Waals surface area contributed by atoms with Crippen molar-refractivity contribution in [2.75, 3.05) is 17.2 Å². The Hall–Kier alpha value is -2.04. The standard InChI is InChI=1S/C17H16Cl2N4/c1-2-20-16-13-5-3-4-6-15(13)22-17(23-16)21-10-11-7-8-12(18)9-14(11)19/h3-9H,2,10H2,1H3,(H2,20,21,22,23). The van der Waals surface area contributed by atoms with Crippen molar-refractivity contribution in [3.05, 3.63) is 58.1 Å². The van der Waals surface area contributed by atoms with Gasteiger partial charge in [-0.2, -0.15) is 4.98 Å². The van der Waals surface area contributed by atoms with Gasteiger partial charge in [-0.15, -0.1) is 0 Å². The first-order valence-electron chi connectivity index (χ1n) is 7.36. The van der Waals surface area contributed by atoms with E-state index < -0.39 is 0 Å². The molecule has 3 rings (SSSR count). The number of nitrogens with zero attached hydrogens (tertiary/aromatic N) is 2. The van der Waals surface area contributed by atoms with Crippen molar-refractivity contribution in [1.82, 2.24) is 9.97 Å². The van der Waals surface area contributed by atoms with Gasteiger partial charge in [-0.25, -0.2) is 4.98 Å². The largest absolute Gasteiger partial charge is 0.370 e. The maximum Gasteiger partial charge on any atom is 0.225 e. The Kier molecular flexibility index (Phi) is 4.84. The second kappa shape index (κ2) is 7.02. The molecule has 0 unspecified atom stereocenters. The highest BCUT2D eigenvalue weighted by molar-refractivity contribution is 6.35. The molecular formula is C17H16Cl2N4. The van der Waals surface area contributed by atoms with E-state index in [0.29, 0.717) is 22.5 Å². The van der Waals surface area contributed by atoms with E-state index in [9.17, 15) is 0 Å². The lowest BCUT2D eigenvalue weighted by Gasteiger charge is -2.11. The lowest BCUT2D eigenvalue weighted by molar-refractivity contribution is 1.06. The number of para-hydroxylation sites is 1. The van der Waals surface area contributed by atoms with Gasteiger partial charge < -0.3 is 10.6 Å². The Bertz CT molecular complexity index is 836. The minimum atomic E-state index is 0.528. The molecule has 118 valence electrons. The van der Waals surface area contributed by atoms with Gasteiger partial charge in [-0.1, -0.05) is 41.4 Å². The molecule has 0 amide bonds. The van der Waals surface area contributed by atoms with Crippen molar-refractivity contribution in [2.24, 2.45) is 0 Å². The van der Waals surface area contributed by atoms with Crippen LogP contribution >= 0.6 is 23.2 Å². The second-order valence-electron chi connectivity index (χ2n) is 5.03. The maximum absolute atomic E-state index is 6.19. The monoisotopic (exact) mass is 346 g/mol. The lowest BCUT2D eigenvalue weighted by Crippen LogP contribution is -2.07. The Morgan fingerprint density at radius 1 is 1.00 bits per heavy atom. The Morgan fingerprint density at radius 2 is 1.83 bits per heavy atom. The van der Waals surface area contributed by atoms with Crippen LogP contribution < -0.4 is 10.6 Å². The van der Waals surface area contributed by atoms with Gasteiger partial charge in [0.05, 0.1) is 5.52 Å². The summed E-state index contributed by atoms with van der Waals surface area (Å²) in [4.78, 5) is 9.10. The molecule has 0 bridgehead atoms. The predicted octanol–water partition coefficient (Wildman–Crippen LogP) is 4.98. The molecule has 0 aliphatic rings. The fourth-order valence-electron chi connectivity index (χ4n) is 2.30. The molecule has 6 heteroatoms. The molecule has 0 fully saturated rings. The van der Waals surface area contributed by atoms with Gasteiger partial charge in [0.2, 0.25) is 5.95 Å². The molecule has 0 aliphatic heterocycles. The number of anilines is 2. The zero-order valence-corrected chi connectivity index (χ0v) is 14.1. The minimum Gasteiger partial charge on any atom is -0.370 e. The second-order valence-corrected chi connectivity index (χ2v) is 5.88. The first-order valence-corrected chi connectivity index (χ1v) is 8.11. The average Bonchev–Trinajstić information content (AvgIpc) is 2.54. The SMILES string of the molecule is CCNc1nc(NCc2ccc(Cl)cc2Cl)nc2ccccc12. The summed E-state index contributed by atoms with van der Waals surface area (Å²) in [6, 6.07) is 13.4. The number of nitrogens with one attached hydrogen (secondary N) is 2. The number of rotatable bonds is 5. The summed E-state index contributed by atoms with van der Waals surface area (Å²) in [6.07, 6.45) is 0. The van der Waals surface area contributed by atoms with Crippen molar-refractivity contribution in [3.8, 4) is 0 Å². The number of halogens is 2. The summed E-state index contributed by atoms with van der Waals surface area (Å²) in [5.74, 6) is 1.38. The van der Waals surface area contributed by atoms with Crippen LogP contribution in [0.4, 0.5) is 11.8 Å². The third kappa shape index (κ3) is 3.66. The highest BCUT2D eigenvalue weighted by atomic mass is 35.5. The first kappa shape index (κ1) is 15.8. The Labute approximate surface area is 144 Å². The zero-order valence-electron chi connectivity index (χ0n) is 12.6. The summed E-state index contributed by atoms with van der Waals surface area (Å²) >= 11 is 12.1. The summed E-state index contributed by atoms with van der Waals surface area (Å²) in [5, 5.41) is 8.74. The van der Waals surface area contributed by atoms with Crippen molar-refractivity contribution < 1.29 is 0 Å². The molecule has 0 saturated carbocycles. The highest BCUT2D eigenvalue weighted by Gasteiger charge is 2.07. The molecule has 0 saturated heterocycles. The average molecular weight is 347 g/mol. The molecule has 0 aliphatic carbocycles. The summed E-state index contributed by atoms with van der Waals surface area (Å²) in [7, 11) is 0. The molecule has 2 N–H and O–H groups in total. The van der Waals surface area contributed by atoms with Crippen molar-refractivity contribution in [3.63, 3.8) is 0 Å². The van der Waals surface area contributed by atoms with Crippen molar-refractivity contribution in [2.45, 2.75) is 13.5 Å². The Morgan fingerprint density at radius 3 is 2.61 bits per heavy atom. The molecule has 0 atom stereocenters. The molecule has 1 heterocycles. The fraction of sp³-hybridized carbons (Fsp3) is 0.176. The van der Waals surface area contributed by atoms with Gasteiger partial charge in [0.1, 0.15) is 5.82 Å².